The zero-order valence-corrected chi connectivity index (χ0v) is 17.0. The molecule has 3 rings (SSSR count). The van der Waals surface area contributed by atoms with Gasteiger partial charge in [0.1, 0.15) is 5.82 Å². The summed E-state index contributed by atoms with van der Waals surface area (Å²) in [5.74, 6) is -1.18. The van der Waals surface area contributed by atoms with E-state index in [4.69, 9.17) is 21.1 Å². The van der Waals surface area contributed by atoms with Crippen LogP contribution in [-0.4, -0.2) is 54.3 Å². The number of morpholine rings is 1. The second-order valence-corrected chi connectivity index (χ2v) is 7.00. The zero-order chi connectivity index (χ0) is 22.6. The van der Waals surface area contributed by atoms with Crippen LogP contribution in [0.25, 0.3) is 0 Å². The van der Waals surface area contributed by atoms with E-state index in [1.807, 2.05) is 4.90 Å². The van der Waals surface area contributed by atoms with Crippen molar-refractivity contribution < 1.29 is 32.2 Å². The monoisotopic (exact) mass is 458 g/mol. The molecule has 1 atom stereocenters. The topological polar surface area (TPSA) is 93.6 Å². The molecule has 8 nitrogen and oxygen atoms in total. The summed E-state index contributed by atoms with van der Waals surface area (Å²) in [6.45, 7) is 3.87. The summed E-state index contributed by atoms with van der Waals surface area (Å²) in [5, 5.41) is 1.84. The highest BCUT2D eigenvalue weighted by Gasteiger charge is 2.32. The third kappa shape index (κ3) is 5.82. The van der Waals surface area contributed by atoms with E-state index in [0.29, 0.717) is 44.4 Å². The minimum absolute atomic E-state index is 0.141. The number of nitrogens with one attached hydrogen (secondary N) is 1. The number of amides is 1. The fourth-order valence-corrected chi connectivity index (χ4v) is 2.89. The van der Waals surface area contributed by atoms with Gasteiger partial charge in [-0.1, -0.05) is 11.6 Å². The summed E-state index contributed by atoms with van der Waals surface area (Å²) in [5.41, 5.74) is -0.912. The number of aromatic nitrogens is 2. The molecule has 1 unspecified atom stereocenters. The molecule has 0 aliphatic carbocycles. The lowest BCUT2D eigenvalue weighted by Gasteiger charge is -2.27. The average molecular weight is 459 g/mol. The van der Waals surface area contributed by atoms with Crippen molar-refractivity contribution in [2.75, 3.05) is 36.5 Å². The van der Waals surface area contributed by atoms with Gasteiger partial charge < -0.3 is 19.7 Å². The number of rotatable bonds is 5. The van der Waals surface area contributed by atoms with E-state index in [1.165, 1.54) is 19.2 Å². The second kappa shape index (κ2) is 9.48. The molecule has 1 N–H and O–H groups in total. The number of hydrogen-bond acceptors (Lipinski definition) is 7. The average Bonchev–Trinajstić information content (AvgIpc) is 2.75. The number of nitrogens with zero attached hydrogens (tertiary/aromatic N) is 3. The first-order valence-corrected chi connectivity index (χ1v) is 9.56. The highest BCUT2D eigenvalue weighted by atomic mass is 35.5. The summed E-state index contributed by atoms with van der Waals surface area (Å²) < 4.78 is 48.4. The Hall–Kier alpha value is -2.92. The Kier molecular flexibility index (Phi) is 6.96. The number of hydrogen-bond donors (Lipinski definition) is 1. The van der Waals surface area contributed by atoms with Crippen LogP contribution in [0.4, 0.5) is 24.8 Å². The zero-order valence-electron chi connectivity index (χ0n) is 16.3. The van der Waals surface area contributed by atoms with Gasteiger partial charge in [0.15, 0.2) is 11.9 Å². The summed E-state index contributed by atoms with van der Waals surface area (Å²) in [6, 6.07) is 3.83. The van der Waals surface area contributed by atoms with Gasteiger partial charge in [0.2, 0.25) is 0 Å². The van der Waals surface area contributed by atoms with E-state index in [9.17, 15) is 22.8 Å². The molecule has 12 heteroatoms. The molecule has 0 aromatic carbocycles. The summed E-state index contributed by atoms with van der Waals surface area (Å²) in [4.78, 5) is 34.3. The molecule has 0 radical (unpaired) electrons. The molecule has 3 heterocycles. The summed E-state index contributed by atoms with van der Waals surface area (Å²) >= 11 is 5.76. The Balaban J connectivity index is 1.58. The predicted octanol–water partition coefficient (Wildman–Crippen LogP) is 3.17. The first-order chi connectivity index (χ1) is 14.6. The number of carbonyl (C=O) groups is 2. The Morgan fingerprint density at radius 1 is 1.23 bits per heavy atom. The molecule has 1 amide bonds. The fourth-order valence-electron chi connectivity index (χ4n) is 2.67. The second-order valence-electron chi connectivity index (χ2n) is 6.59. The van der Waals surface area contributed by atoms with Crippen LogP contribution in [0.15, 0.2) is 30.6 Å². The molecule has 0 spiro atoms. The van der Waals surface area contributed by atoms with Crippen LogP contribution in [0.5, 0.6) is 0 Å². The summed E-state index contributed by atoms with van der Waals surface area (Å²) in [6.07, 6.45) is -3.99. The maximum atomic E-state index is 12.7. The Bertz CT molecular complexity index is 950. The van der Waals surface area contributed by atoms with E-state index in [0.717, 1.165) is 0 Å². The molecule has 1 aliphatic rings. The molecule has 1 fully saturated rings. The molecule has 1 saturated heterocycles. The van der Waals surface area contributed by atoms with E-state index in [2.05, 4.69) is 15.3 Å². The maximum absolute atomic E-state index is 12.7. The maximum Gasteiger partial charge on any atom is 0.417 e. The van der Waals surface area contributed by atoms with Crippen molar-refractivity contribution in [3.05, 3.63) is 46.7 Å². The third-order valence-electron chi connectivity index (χ3n) is 4.38. The highest BCUT2D eigenvalue weighted by molar-refractivity contribution is 6.33. The first kappa shape index (κ1) is 22.8. The van der Waals surface area contributed by atoms with E-state index in [1.54, 1.807) is 6.07 Å². The van der Waals surface area contributed by atoms with Gasteiger partial charge in [-0.15, -0.1) is 0 Å². The number of anilines is 2. The van der Waals surface area contributed by atoms with Gasteiger partial charge in [-0.25, -0.2) is 14.8 Å². The van der Waals surface area contributed by atoms with Crippen LogP contribution < -0.4 is 10.2 Å². The Morgan fingerprint density at radius 2 is 1.94 bits per heavy atom. The minimum atomic E-state index is -4.62. The smallest absolute Gasteiger partial charge is 0.417 e. The van der Waals surface area contributed by atoms with Gasteiger partial charge in [-0.3, -0.25) is 4.79 Å². The van der Waals surface area contributed by atoms with Gasteiger partial charge in [-0.05, 0) is 25.1 Å². The van der Waals surface area contributed by atoms with Crippen LogP contribution >= 0.6 is 11.6 Å². The van der Waals surface area contributed by atoms with Crippen molar-refractivity contribution in [2.45, 2.75) is 19.2 Å². The quantitative estimate of drug-likeness (QED) is 0.688. The van der Waals surface area contributed by atoms with E-state index < -0.39 is 34.7 Å². The lowest BCUT2D eigenvalue weighted by atomic mass is 10.2. The van der Waals surface area contributed by atoms with E-state index >= 15 is 0 Å². The number of alkyl halides is 3. The first-order valence-electron chi connectivity index (χ1n) is 9.18. The van der Waals surface area contributed by atoms with Crippen molar-refractivity contribution in [1.29, 1.82) is 0 Å². The SMILES string of the molecule is CC(OC(=O)c1ccc(N2CCOCC2)nc1)C(=O)Nc1ncc(C(F)(F)F)cc1Cl. The number of halogens is 4. The molecule has 1 aliphatic heterocycles. The minimum Gasteiger partial charge on any atom is -0.449 e. The van der Waals surface area contributed by atoms with Gasteiger partial charge >= 0.3 is 12.1 Å². The molecule has 166 valence electrons. The predicted molar refractivity (Wildman–Crippen MR) is 105 cm³/mol. The lowest BCUT2D eigenvalue weighted by molar-refractivity contribution is -0.137. The molecule has 0 bridgehead atoms. The fraction of sp³-hybridized carbons (Fsp3) is 0.368. The molecule has 2 aromatic heterocycles. The van der Waals surface area contributed by atoms with Crippen LogP contribution in [0.3, 0.4) is 0 Å². The van der Waals surface area contributed by atoms with Crippen molar-refractivity contribution in [1.82, 2.24) is 9.97 Å². The largest absolute Gasteiger partial charge is 0.449 e. The normalized spacial score (nSPS) is 15.3. The standard InChI is InChI=1S/C19H18ClF3N4O4/c1-11(17(28)26-16-14(20)8-13(10-25-16)19(21,22)23)31-18(29)12-2-3-15(24-9-12)27-4-6-30-7-5-27/h2-3,8-11H,4-7H2,1H3,(H,25,26,28). The van der Waals surface area contributed by atoms with Crippen molar-refractivity contribution in [3.8, 4) is 0 Å². The lowest BCUT2D eigenvalue weighted by Crippen LogP contribution is -2.36. The van der Waals surface area contributed by atoms with Gasteiger partial charge in [0.05, 0.1) is 29.4 Å². The molecular weight excluding hydrogens is 441 g/mol. The molecule has 31 heavy (non-hydrogen) atoms. The number of carbonyl (C=O) groups excluding carboxylic acids is 2. The summed E-state index contributed by atoms with van der Waals surface area (Å²) in [7, 11) is 0. The molecular formula is C19H18ClF3N4O4. The van der Waals surface area contributed by atoms with E-state index in [-0.39, 0.29) is 11.4 Å². The molecule has 2 aromatic rings. The highest BCUT2D eigenvalue weighted by Crippen LogP contribution is 2.32. The third-order valence-corrected chi connectivity index (χ3v) is 4.67. The van der Waals surface area contributed by atoms with Crippen LogP contribution in [0, 0.1) is 0 Å². The van der Waals surface area contributed by atoms with Crippen LogP contribution in [-0.2, 0) is 20.4 Å². The number of ether oxygens (including phenoxy) is 2. The number of pyridine rings is 2. The van der Waals surface area contributed by atoms with Gasteiger partial charge in [0, 0.05) is 25.5 Å². The van der Waals surface area contributed by atoms with Crippen LogP contribution in [0.1, 0.15) is 22.8 Å². The molecule has 0 saturated carbocycles. The van der Waals surface area contributed by atoms with Crippen molar-refractivity contribution in [3.63, 3.8) is 0 Å². The van der Waals surface area contributed by atoms with Crippen LogP contribution in [0.2, 0.25) is 5.02 Å². The van der Waals surface area contributed by atoms with Gasteiger partial charge in [-0.2, -0.15) is 13.2 Å². The number of esters is 1. The Morgan fingerprint density at radius 3 is 2.52 bits per heavy atom. The van der Waals surface area contributed by atoms with Crippen molar-refractivity contribution >= 4 is 35.1 Å². The van der Waals surface area contributed by atoms with Crippen molar-refractivity contribution in [2.24, 2.45) is 0 Å². The van der Waals surface area contributed by atoms with Gasteiger partial charge in [0.25, 0.3) is 5.91 Å². The Labute approximate surface area is 180 Å².